The molecule has 4 rings (SSSR count). The van der Waals surface area contributed by atoms with Gasteiger partial charge < -0.3 is 9.42 Å². The minimum absolute atomic E-state index is 0.205. The van der Waals surface area contributed by atoms with Crippen molar-refractivity contribution in [2.45, 2.75) is 32.1 Å². The number of aromatic nitrogens is 2. The molecular weight excluding hydrogens is 360 g/mol. The van der Waals surface area contributed by atoms with Crippen LogP contribution in [0.1, 0.15) is 31.6 Å². The van der Waals surface area contributed by atoms with E-state index in [1.165, 1.54) is 0 Å². The van der Waals surface area contributed by atoms with E-state index in [2.05, 4.69) is 32.1 Å². The summed E-state index contributed by atoms with van der Waals surface area (Å²) in [6.07, 6.45) is 9.10. The summed E-state index contributed by atoms with van der Waals surface area (Å²) >= 11 is 1.62. The van der Waals surface area contributed by atoms with Gasteiger partial charge in [-0.05, 0) is 43.7 Å². The summed E-state index contributed by atoms with van der Waals surface area (Å²) in [6, 6.07) is 4.00. The number of rotatable bonds is 6. The van der Waals surface area contributed by atoms with E-state index in [1.807, 2.05) is 17.5 Å². The molecule has 144 valence electrons. The lowest BCUT2D eigenvalue weighted by molar-refractivity contribution is -0.137. The molecule has 0 aromatic carbocycles. The molecule has 6 nitrogen and oxygen atoms in total. The third-order valence-electron chi connectivity index (χ3n) is 5.38. The number of hydrogen-bond acceptors (Lipinski definition) is 6. The number of carbonyl (C=O) groups excluding carboxylic acids is 1. The molecule has 1 unspecified atom stereocenters. The number of amides is 1. The molecular formula is C20H26N4O2S. The van der Waals surface area contributed by atoms with E-state index in [4.69, 9.17) is 4.52 Å². The van der Waals surface area contributed by atoms with Crippen LogP contribution in [0, 0.1) is 5.92 Å². The summed E-state index contributed by atoms with van der Waals surface area (Å²) in [6.45, 7) is 4.62. The Morgan fingerprint density at radius 2 is 2.15 bits per heavy atom. The molecule has 2 aliphatic rings. The largest absolute Gasteiger partial charge is 0.340 e. The molecule has 0 N–H and O–H groups in total. The number of carbonyl (C=O) groups is 1. The van der Waals surface area contributed by atoms with Crippen molar-refractivity contribution in [3.05, 3.63) is 35.6 Å². The lowest BCUT2D eigenvalue weighted by Gasteiger charge is -2.36. The molecule has 1 aliphatic heterocycles. The number of hydrogen-bond donors (Lipinski definition) is 0. The van der Waals surface area contributed by atoms with Crippen molar-refractivity contribution < 1.29 is 9.32 Å². The molecule has 1 aliphatic carbocycles. The first-order chi connectivity index (χ1) is 13.3. The Kier molecular flexibility index (Phi) is 5.99. The van der Waals surface area contributed by atoms with E-state index in [-0.39, 0.29) is 5.92 Å². The molecule has 7 heteroatoms. The quantitative estimate of drug-likeness (QED) is 0.713. The molecule has 0 saturated carbocycles. The fourth-order valence-corrected chi connectivity index (χ4v) is 4.43. The first kappa shape index (κ1) is 18.4. The van der Waals surface area contributed by atoms with Gasteiger partial charge in [0.1, 0.15) is 0 Å². The van der Waals surface area contributed by atoms with Crippen LogP contribution in [0.25, 0.3) is 10.7 Å². The van der Waals surface area contributed by atoms with Crippen LogP contribution in [0.4, 0.5) is 0 Å². The Bertz CT molecular complexity index is 763. The number of aryl methyl sites for hydroxylation is 1. The maximum Gasteiger partial charge on any atom is 0.227 e. The van der Waals surface area contributed by atoms with Crippen LogP contribution in [-0.4, -0.2) is 58.6 Å². The number of piperazine rings is 1. The zero-order valence-corrected chi connectivity index (χ0v) is 16.4. The van der Waals surface area contributed by atoms with Crippen LogP contribution in [0.3, 0.4) is 0 Å². The van der Waals surface area contributed by atoms with Gasteiger partial charge in [0, 0.05) is 38.5 Å². The van der Waals surface area contributed by atoms with Gasteiger partial charge in [-0.1, -0.05) is 23.4 Å². The monoisotopic (exact) mass is 386 g/mol. The Hall–Kier alpha value is -1.99. The standard InChI is InChI=1S/C20H26N4O2S/c25-20(16-6-2-1-3-7-16)24-13-11-23(12-14-24)10-4-9-18-21-19(22-26-18)17-8-5-15-27-17/h1-2,5,8,15-16H,3-4,6-7,9-14H2. The maximum absolute atomic E-state index is 12.6. The zero-order chi connectivity index (χ0) is 18.5. The third-order valence-corrected chi connectivity index (χ3v) is 6.24. The predicted molar refractivity (Wildman–Crippen MR) is 105 cm³/mol. The highest BCUT2D eigenvalue weighted by atomic mass is 32.1. The molecule has 1 fully saturated rings. The molecule has 0 bridgehead atoms. The van der Waals surface area contributed by atoms with Crippen molar-refractivity contribution in [1.82, 2.24) is 19.9 Å². The Morgan fingerprint density at radius 3 is 2.89 bits per heavy atom. The lowest BCUT2D eigenvalue weighted by atomic mass is 9.93. The maximum atomic E-state index is 12.6. The summed E-state index contributed by atoms with van der Waals surface area (Å²) in [7, 11) is 0. The topological polar surface area (TPSA) is 62.5 Å². The van der Waals surface area contributed by atoms with Gasteiger partial charge >= 0.3 is 0 Å². The van der Waals surface area contributed by atoms with Gasteiger partial charge in [-0.25, -0.2) is 0 Å². The highest BCUT2D eigenvalue weighted by Crippen LogP contribution is 2.22. The van der Waals surface area contributed by atoms with Crippen LogP contribution in [0.5, 0.6) is 0 Å². The Labute approximate surface area is 163 Å². The Morgan fingerprint density at radius 1 is 1.26 bits per heavy atom. The fourth-order valence-electron chi connectivity index (χ4n) is 3.78. The fraction of sp³-hybridized carbons (Fsp3) is 0.550. The van der Waals surface area contributed by atoms with E-state index < -0.39 is 0 Å². The molecule has 0 spiro atoms. The van der Waals surface area contributed by atoms with Crippen molar-refractivity contribution >= 4 is 17.2 Å². The van der Waals surface area contributed by atoms with Crippen LogP contribution in [0.2, 0.25) is 0 Å². The molecule has 2 aromatic heterocycles. The van der Waals surface area contributed by atoms with Gasteiger partial charge in [0.15, 0.2) is 0 Å². The summed E-state index contributed by atoms with van der Waals surface area (Å²) in [5.74, 6) is 1.95. The van der Waals surface area contributed by atoms with Crippen molar-refractivity contribution in [1.29, 1.82) is 0 Å². The van der Waals surface area contributed by atoms with Gasteiger partial charge in [-0.3, -0.25) is 9.69 Å². The van der Waals surface area contributed by atoms with Crippen molar-refractivity contribution in [2.24, 2.45) is 5.92 Å². The van der Waals surface area contributed by atoms with Crippen LogP contribution >= 0.6 is 11.3 Å². The first-order valence-corrected chi connectivity index (χ1v) is 10.7. The van der Waals surface area contributed by atoms with E-state index in [0.29, 0.717) is 17.6 Å². The number of nitrogens with zero attached hydrogens (tertiary/aromatic N) is 4. The van der Waals surface area contributed by atoms with E-state index in [1.54, 1.807) is 11.3 Å². The highest BCUT2D eigenvalue weighted by Gasteiger charge is 2.27. The molecule has 3 heterocycles. The second kappa shape index (κ2) is 8.80. The summed E-state index contributed by atoms with van der Waals surface area (Å²) in [4.78, 5) is 22.6. The molecule has 1 saturated heterocycles. The van der Waals surface area contributed by atoms with Crippen molar-refractivity contribution in [3.8, 4) is 10.7 Å². The van der Waals surface area contributed by atoms with Gasteiger partial charge in [0.2, 0.25) is 17.6 Å². The van der Waals surface area contributed by atoms with Gasteiger partial charge in [-0.15, -0.1) is 11.3 Å². The van der Waals surface area contributed by atoms with Crippen LogP contribution in [-0.2, 0) is 11.2 Å². The average Bonchev–Trinajstić information content (AvgIpc) is 3.40. The SMILES string of the molecule is O=C(C1CC=CCC1)N1CCN(CCCc2nc(-c3cccs3)no2)CC1. The summed E-state index contributed by atoms with van der Waals surface area (Å²) < 4.78 is 5.36. The smallest absolute Gasteiger partial charge is 0.227 e. The van der Waals surface area contributed by atoms with E-state index in [9.17, 15) is 4.79 Å². The van der Waals surface area contributed by atoms with Crippen molar-refractivity contribution in [2.75, 3.05) is 32.7 Å². The van der Waals surface area contributed by atoms with Crippen LogP contribution in [0.15, 0.2) is 34.2 Å². The van der Waals surface area contributed by atoms with Gasteiger partial charge in [-0.2, -0.15) is 4.98 Å². The molecule has 1 atom stereocenters. The number of allylic oxidation sites excluding steroid dienone is 2. The third kappa shape index (κ3) is 4.65. The second-order valence-electron chi connectivity index (χ2n) is 7.24. The minimum Gasteiger partial charge on any atom is -0.340 e. The normalized spacial score (nSPS) is 20.9. The summed E-state index contributed by atoms with van der Waals surface area (Å²) in [5.41, 5.74) is 0. The Balaban J connectivity index is 1.18. The number of thiophene rings is 1. The second-order valence-corrected chi connectivity index (χ2v) is 8.19. The zero-order valence-electron chi connectivity index (χ0n) is 15.5. The minimum atomic E-state index is 0.205. The molecule has 2 aromatic rings. The summed E-state index contributed by atoms with van der Waals surface area (Å²) in [5, 5.41) is 6.07. The highest BCUT2D eigenvalue weighted by molar-refractivity contribution is 7.13. The van der Waals surface area contributed by atoms with E-state index >= 15 is 0 Å². The van der Waals surface area contributed by atoms with Crippen molar-refractivity contribution in [3.63, 3.8) is 0 Å². The lowest BCUT2D eigenvalue weighted by Crippen LogP contribution is -2.50. The average molecular weight is 387 g/mol. The first-order valence-electron chi connectivity index (χ1n) is 9.82. The van der Waals surface area contributed by atoms with E-state index in [0.717, 1.165) is 69.7 Å². The molecule has 27 heavy (non-hydrogen) atoms. The van der Waals surface area contributed by atoms with Gasteiger partial charge in [0.05, 0.1) is 4.88 Å². The molecule has 0 radical (unpaired) electrons. The molecule has 1 amide bonds. The van der Waals surface area contributed by atoms with Gasteiger partial charge in [0.25, 0.3) is 0 Å². The van der Waals surface area contributed by atoms with Crippen LogP contribution < -0.4 is 0 Å². The predicted octanol–water partition coefficient (Wildman–Crippen LogP) is 3.23.